The van der Waals surface area contributed by atoms with Gasteiger partial charge >= 0.3 is 11.9 Å². The predicted octanol–water partition coefficient (Wildman–Crippen LogP) is 8.08. The van der Waals surface area contributed by atoms with E-state index < -0.39 is 30.3 Å². The molecule has 3 aromatic carbocycles. The van der Waals surface area contributed by atoms with Crippen molar-refractivity contribution in [1.29, 1.82) is 0 Å². The van der Waals surface area contributed by atoms with Crippen LogP contribution in [0.4, 0.5) is 5.69 Å². The van der Waals surface area contributed by atoms with Gasteiger partial charge in [0.1, 0.15) is 18.1 Å². The molecule has 1 aliphatic heterocycles. The van der Waals surface area contributed by atoms with E-state index in [9.17, 15) is 19.5 Å². The number of benzene rings is 3. The van der Waals surface area contributed by atoms with Crippen LogP contribution in [0.1, 0.15) is 101 Å². The molecule has 1 aliphatic carbocycles. The Hall–Kier alpha value is -4.17. The molecule has 46 heavy (non-hydrogen) atoms. The van der Waals surface area contributed by atoms with Gasteiger partial charge in [-0.1, -0.05) is 88.6 Å². The van der Waals surface area contributed by atoms with Crippen molar-refractivity contribution >= 4 is 23.5 Å². The number of hydrogen-bond donors (Lipinski definition) is 2. The Morgan fingerprint density at radius 1 is 0.935 bits per heavy atom. The van der Waals surface area contributed by atoms with Crippen LogP contribution in [0.15, 0.2) is 66.7 Å². The lowest BCUT2D eigenvalue weighted by molar-refractivity contribution is -0.197. The Bertz CT molecular complexity index is 1540. The van der Waals surface area contributed by atoms with E-state index in [2.05, 4.69) is 26.1 Å². The van der Waals surface area contributed by atoms with Crippen LogP contribution in [0.5, 0.6) is 11.5 Å². The quantitative estimate of drug-likeness (QED) is 0.219. The van der Waals surface area contributed by atoms with E-state index in [1.54, 1.807) is 6.92 Å². The second kappa shape index (κ2) is 13.7. The number of amides is 1. The second-order valence-corrected chi connectivity index (χ2v) is 13.6. The van der Waals surface area contributed by atoms with Gasteiger partial charge in [0.05, 0.1) is 6.10 Å². The Kier molecular flexibility index (Phi) is 9.87. The van der Waals surface area contributed by atoms with Crippen molar-refractivity contribution in [1.82, 2.24) is 0 Å². The number of nitrogens with one attached hydrogen (secondary N) is 1. The molecule has 244 valence electrons. The Morgan fingerprint density at radius 3 is 2.11 bits per heavy atom. The maximum absolute atomic E-state index is 14.0. The first-order valence-electron chi connectivity index (χ1n) is 16.2. The number of rotatable bonds is 10. The van der Waals surface area contributed by atoms with Crippen molar-refractivity contribution in [3.05, 3.63) is 89.0 Å². The predicted molar refractivity (Wildman–Crippen MR) is 176 cm³/mol. The highest BCUT2D eigenvalue weighted by molar-refractivity contribution is 5.93. The lowest BCUT2D eigenvalue weighted by atomic mass is 9.69. The van der Waals surface area contributed by atoms with Crippen LogP contribution in [0.3, 0.4) is 0 Å². The molecule has 2 aliphatic rings. The maximum Gasteiger partial charge on any atom is 0.329 e. The molecule has 5 rings (SSSR count). The zero-order chi connectivity index (χ0) is 33.1. The lowest BCUT2D eigenvalue weighted by Crippen LogP contribution is -2.50. The minimum absolute atomic E-state index is 0.0896. The molecule has 1 heterocycles. The van der Waals surface area contributed by atoms with E-state index >= 15 is 0 Å². The molecule has 3 aromatic rings. The van der Waals surface area contributed by atoms with Crippen LogP contribution in [-0.4, -0.2) is 35.7 Å². The molecule has 1 saturated carbocycles. The highest BCUT2D eigenvalue weighted by Crippen LogP contribution is 2.48. The first-order chi connectivity index (χ1) is 21.9. The minimum Gasteiger partial charge on any atom is -0.480 e. The summed E-state index contributed by atoms with van der Waals surface area (Å²) in [6.45, 7) is 8.88. The van der Waals surface area contributed by atoms with Gasteiger partial charge in [-0.15, -0.1) is 0 Å². The molecule has 2 unspecified atom stereocenters. The zero-order valence-electron chi connectivity index (χ0n) is 27.4. The molecule has 0 aromatic heterocycles. The first kappa shape index (κ1) is 33.2. The third-order valence-electron chi connectivity index (χ3n) is 9.34. The summed E-state index contributed by atoms with van der Waals surface area (Å²) in [6, 6.07) is 21.4. The van der Waals surface area contributed by atoms with E-state index in [4.69, 9.17) is 14.2 Å². The van der Waals surface area contributed by atoms with Gasteiger partial charge in [-0.3, -0.25) is 9.59 Å². The smallest absolute Gasteiger partial charge is 0.329 e. The number of fused-ring (bicyclic) bond motifs is 2. The number of carbonyl (C=O) groups excluding carboxylic acids is 2. The molecule has 0 saturated heterocycles. The summed E-state index contributed by atoms with van der Waals surface area (Å²) in [7, 11) is 0. The molecule has 1 fully saturated rings. The van der Waals surface area contributed by atoms with Crippen molar-refractivity contribution in [3.8, 4) is 11.5 Å². The first-order valence-corrected chi connectivity index (χ1v) is 16.2. The minimum atomic E-state index is -1.24. The summed E-state index contributed by atoms with van der Waals surface area (Å²) < 4.78 is 18.3. The summed E-state index contributed by atoms with van der Waals surface area (Å²) in [5, 5.41) is 12.7. The van der Waals surface area contributed by atoms with Crippen LogP contribution in [-0.2, 0) is 34.9 Å². The van der Waals surface area contributed by atoms with Crippen molar-refractivity contribution < 1.29 is 33.7 Å². The van der Waals surface area contributed by atoms with Gasteiger partial charge in [-0.25, -0.2) is 4.79 Å². The number of carbonyl (C=O) groups is 3. The fraction of sp³-hybridized carbons (Fsp3) is 0.447. The average Bonchev–Trinajstić information content (AvgIpc) is 3.02. The van der Waals surface area contributed by atoms with Crippen LogP contribution in [0.2, 0.25) is 0 Å². The van der Waals surface area contributed by atoms with E-state index in [0.29, 0.717) is 11.3 Å². The fourth-order valence-electron chi connectivity index (χ4n) is 7.28. The summed E-state index contributed by atoms with van der Waals surface area (Å²) in [5.74, 6) is -0.540. The maximum atomic E-state index is 14.0. The summed E-state index contributed by atoms with van der Waals surface area (Å²) >= 11 is 0. The standard InChI is InChI=1S/C38H45NO7/c1-24(44-23-36(42)43)38(46-25(2)40,26-13-7-6-8-14-26)27-19-20-31(37(3,4)5)32(21-27)39-35(41)22-30-28-15-9-11-17-33(28)45-34-18-12-10-16-29(30)34/h9-12,15-21,24,26,30H,6-8,13-14,22-23H2,1-5H3,(H,39,41)(H,42,43). The number of hydrogen-bond acceptors (Lipinski definition) is 6. The van der Waals surface area contributed by atoms with E-state index in [1.165, 1.54) is 6.92 Å². The van der Waals surface area contributed by atoms with Gasteiger partial charge in [0.2, 0.25) is 5.91 Å². The number of aliphatic carboxylic acids is 1. The van der Waals surface area contributed by atoms with Crippen molar-refractivity contribution in [2.24, 2.45) is 5.92 Å². The lowest BCUT2D eigenvalue weighted by Gasteiger charge is -2.46. The van der Waals surface area contributed by atoms with E-state index in [0.717, 1.165) is 60.3 Å². The van der Waals surface area contributed by atoms with Gasteiger partial charge in [-0.2, -0.15) is 0 Å². The topological polar surface area (TPSA) is 111 Å². The number of anilines is 1. The highest BCUT2D eigenvalue weighted by atomic mass is 16.6. The molecular weight excluding hydrogens is 582 g/mol. The Labute approximate surface area is 271 Å². The van der Waals surface area contributed by atoms with Gasteiger partial charge < -0.3 is 24.6 Å². The summed E-state index contributed by atoms with van der Waals surface area (Å²) in [6.07, 6.45) is 4.07. The van der Waals surface area contributed by atoms with E-state index in [-0.39, 0.29) is 29.6 Å². The fourth-order valence-corrected chi connectivity index (χ4v) is 7.28. The second-order valence-electron chi connectivity index (χ2n) is 13.6. The molecule has 1 amide bonds. The molecule has 0 spiro atoms. The molecule has 2 N–H and O–H groups in total. The van der Waals surface area contributed by atoms with Gasteiger partial charge in [0.15, 0.2) is 5.60 Å². The van der Waals surface area contributed by atoms with Crippen LogP contribution in [0, 0.1) is 5.92 Å². The molecule has 2 atom stereocenters. The van der Waals surface area contributed by atoms with Crippen molar-refractivity contribution in [2.45, 2.75) is 96.2 Å². The number of esters is 1. The van der Waals surface area contributed by atoms with Crippen LogP contribution in [0.25, 0.3) is 0 Å². The van der Waals surface area contributed by atoms with E-state index in [1.807, 2.05) is 66.7 Å². The van der Waals surface area contributed by atoms with Gasteiger partial charge in [0.25, 0.3) is 0 Å². The monoisotopic (exact) mass is 627 g/mol. The zero-order valence-corrected chi connectivity index (χ0v) is 27.4. The van der Waals surface area contributed by atoms with Crippen molar-refractivity contribution in [3.63, 3.8) is 0 Å². The molecular formula is C38H45NO7. The normalized spacial score (nSPS) is 17.1. The third kappa shape index (κ3) is 6.97. The van der Waals surface area contributed by atoms with Gasteiger partial charge in [-0.05, 0) is 48.9 Å². The SMILES string of the molecule is CC(=O)OC(c1ccc(C(C)(C)C)c(NC(=O)CC2c3ccccc3Oc3ccccc32)c1)(C1CCCCC1)C(C)OCC(=O)O. The van der Waals surface area contributed by atoms with Crippen LogP contribution >= 0.6 is 0 Å². The molecule has 8 nitrogen and oxygen atoms in total. The molecule has 8 heteroatoms. The number of carboxylic acid groups (broad SMARTS) is 1. The highest BCUT2D eigenvalue weighted by Gasteiger charge is 2.50. The Balaban J connectivity index is 1.56. The molecule has 0 bridgehead atoms. The van der Waals surface area contributed by atoms with Crippen LogP contribution < -0.4 is 10.1 Å². The van der Waals surface area contributed by atoms with Crippen molar-refractivity contribution in [2.75, 3.05) is 11.9 Å². The summed E-state index contributed by atoms with van der Waals surface area (Å²) in [4.78, 5) is 38.3. The molecule has 0 radical (unpaired) electrons. The number of carboxylic acids is 1. The largest absolute Gasteiger partial charge is 0.480 e. The number of ether oxygens (including phenoxy) is 3. The summed E-state index contributed by atoms with van der Waals surface area (Å²) in [5.41, 5.74) is 2.58. The Morgan fingerprint density at radius 2 is 1.54 bits per heavy atom. The third-order valence-corrected chi connectivity index (χ3v) is 9.34. The van der Waals surface area contributed by atoms with Gasteiger partial charge in [0, 0.05) is 47.6 Å². The number of para-hydroxylation sites is 2. The average molecular weight is 628 g/mol.